The number of benzene rings is 1. The molecule has 2 heteroatoms. The maximum absolute atomic E-state index is 3.48. The van der Waals surface area contributed by atoms with Crippen LogP contribution in [0.15, 0.2) is 28.7 Å². The molecule has 1 N–H and O–H groups in total. The third-order valence-corrected chi connectivity index (χ3v) is 4.22. The molecule has 1 aromatic carbocycles. The van der Waals surface area contributed by atoms with E-state index in [2.05, 4.69) is 52.6 Å². The van der Waals surface area contributed by atoms with E-state index in [0.717, 1.165) is 11.8 Å². The Kier molecular flexibility index (Phi) is 4.42. The quantitative estimate of drug-likeness (QED) is 0.889. The van der Waals surface area contributed by atoms with Gasteiger partial charge in [0.05, 0.1) is 0 Å². The van der Waals surface area contributed by atoms with Gasteiger partial charge in [-0.05, 0) is 62.4 Å². The highest BCUT2D eigenvalue weighted by atomic mass is 79.9. The first-order valence-electron chi connectivity index (χ1n) is 6.18. The second kappa shape index (κ2) is 5.83. The van der Waals surface area contributed by atoms with E-state index in [4.69, 9.17) is 0 Å². The summed E-state index contributed by atoms with van der Waals surface area (Å²) in [4.78, 5) is 0. The Balaban J connectivity index is 1.95. The third kappa shape index (κ3) is 3.08. The molecule has 1 fully saturated rings. The first kappa shape index (κ1) is 12.1. The van der Waals surface area contributed by atoms with Crippen LogP contribution < -0.4 is 5.32 Å². The lowest BCUT2D eigenvalue weighted by molar-refractivity contribution is 0.374. The summed E-state index contributed by atoms with van der Waals surface area (Å²) in [6, 6.07) is 8.80. The van der Waals surface area contributed by atoms with E-state index in [1.807, 2.05) is 0 Å². The Hall–Kier alpha value is -0.340. The molecule has 2 rings (SSSR count). The largest absolute Gasteiger partial charge is 0.319 e. The van der Waals surface area contributed by atoms with Crippen molar-refractivity contribution in [3.8, 4) is 0 Å². The van der Waals surface area contributed by atoms with Gasteiger partial charge in [0.2, 0.25) is 0 Å². The van der Waals surface area contributed by atoms with Crippen LogP contribution in [0.5, 0.6) is 0 Å². The summed E-state index contributed by atoms with van der Waals surface area (Å²) in [7, 11) is 2.06. The number of halogens is 1. The average molecular weight is 282 g/mol. The van der Waals surface area contributed by atoms with Crippen LogP contribution in [0.3, 0.4) is 0 Å². The summed E-state index contributed by atoms with van der Waals surface area (Å²) in [5.74, 6) is 1.77. The molecule has 0 aromatic heterocycles. The molecule has 0 saturated heterocycles. The Morgan fingerprint density at radius 2 is 1.88 bits per heavy atom. The lowest BCUT2D eigenvalue weighted by atomic mass is 9.89. The van der Waals surface area contributed by atoms with E-state index in [9.17, 15) is 0 Å². The van der Waals surface area contributed by atoms with Crippen molar-refractivity contribution in [1.82, 2.24) is 5.32 Å². The highest BCUT2D eigenvalue weighted by Crippen LogP contribution is 2.33. The van der Waals surface area contributed by atoms with Gasteiger partial charge in [-0.25, -0.2) is 0 Å². The molecular weight excluding hydrogens is 262 g/mol. The Bertz CT molecular complexity index is 320. The van der Waals surface area contributed by atoms with Crippen molar-refractivity contribution in [2.24, 2.45) is 11.8 Å². The van der Waals surface area contributed by atoms with Crippen LogP contribution in [-0.2, 0) is 6.42 Å². The summed E-state index contributed by atoms with van der Waals surface area (Å²) in [6.07, 6.45) is 5.47. The van der Waals surface area contributed by atoms with Crippen LogP contribution in [0, 0.1) is 11.8 Å². The third-order valence-electron chi connectivity index (χ3n) is 3.69. The molecule has 1 nitrogen and oxygen atoms in total. The van der Waals surface area contributed by atoms with Crippen molar-refractivity contribution in [3.05, 3.63) is 34.3 Å². The minimum Gasteiger partial charge on any atom is -0.319 e. The summed E-state index contributed by atoms with van der Waals surface area (Å²) in [5.41, 5.74) is 1.48. The monoisotopic (exact) mass is 281 g/mol. The van der Waals surface area contributed by atoms with Gasteiger partial charge in [-0.3, -0.25) is 0 Å². The zero-order valence-electron chi connectivity index (χ0n) is 9.88. The molecule has 16 heavy (non-hydrogen) atoms. The normalized spacial score (nSPS) is 24.9. The molecule has 0 amide bonds. The fourth-order valence-electron chi connectivity index (χ4n) is 2.84. The lowest BCUT2D eigenvalue weighted by Crippen LogP contribution is -2.23. The second-order valence-electron chi connectivity index (χ2n) is 4.84. The molecule has 1 aliphatic rings. The van der Waals surface area contributed by atoms with Crippen molar-refractivity contribution in [3.63, 3.8) is 0 Å². The molecule has 88 valence electrons. The lowest BCUT2D eigenvalue weighted by Gasteiger charge is -2.19. The fraction of sp³-hybridized carbons (Fsp3) is 0.571. The summed E-state index contributed by atoms with van der Waals surface area (Å²) >= 11 is 3.48. The van der Waals surface area contributed by atoms with Crippen molar-refractivity contribution < 1.29 is 0 Å². The molecule has 0 heterocycles. The minimum absolute atomic E-state index is 0.883. The molecule has 2 unspecified atom stereocenters. The van der Waals surface area contributed by atoms with E-state index in [1.54, 1.807) is 0 Å². The molecule has 0 aliphatic heterocycles. The van der Waals surface area contributed by atoms with Gasteiger partial charge in [0.1, 0.15) is 0 Å². The summed E-state index contributed by atoms with van der Waals surface area (Å²) in [6.45, 7) is 1.18. The fourth-order valence-corrected chi connectivity index (χ4v) is 3.10. The second-order valence-corrected chi connectivity index (χ2v) is 5.76. The highest BCUT2D eigenvalue weighted by Gasteiger charge is 2.26. The smallest absolute Gasteiger partial charge is 0.0175 e. The van der Waals surface area contributed by atoms with E-state index >= 15 is 0 Å². The molecule has 0 spiro atoms. The molecule has 1 aromatic rings. The van der Waals surface area contributed by atoms with Gasteiger partial charge < -0.3 is 5.32 Å². The van der Waals surface area contributed by atoms with E-state index < -0.39 is 0 Å². The number of rotatable bonds is 4. The van der Waals surface area contributed by atoms with Crippen LogP contribution in [0.4, 0.5) is 0 Å². The SMILES string of the molecule is CNCC1CCCC1Cc1ccc(Br)cc1. The topological polar surface area (TPSA) is 12.0 Å². The zero-order chi connectivity index (χ0) is 11.4. The van der Waals surface area contributed by atoms with Crippen molar-refractivity contribution in [2.45, 2.75) is 25.7 Å². The Morgan fingerprint density at radius 1 is 1.19 bits per heavy atom. The van der Waals surface area contributed by atoms with Crippen molar-refractivity contribution in [2.75, 3.05) is 13.6 Å². The average Bonchev–Trinajstić information content (AvgIpc) is 2.70. The number of hydrogen-bond acceptors (Lipinski definition) is 1. The van der Waals surface area contributed by atoms with Crippen LogP contribution >= 0.6 is 15.9 Å². The Labute approximate surface area is 107 Å². The summed E-state index contributed by atoms with van der Waals surface area (Å²) in [5, 5.41) is 3.33. The first-order chi connectivity index (χ1) is 7.79. The van der Waals surface area contributed by atoms with Crippen molar-refractivity contribution in [1.29, 1.82) is 0 Å². The van der Waals surface area contributed by atoms with E-state index in [-0.39, 0.29) is 0 Å². The van der Waals surface area contributed by atoms with E-state index in [0.29, 0.717) is 0 Å². The van der Waals surface area contributed by atoms with Crippen LogP contribution in [-0.4, -0.2) is 13.6 Å². The maximum Gasteiger partial charge on any atom is 0.0175 e. The van der Waals surface area contributed by atoms with Crippen LogP contribution in [0.25, 0.3) is 0 Å². The number of hydrogen-bond donors (Lipinski definition) is 1. The molecule has 0 radical (unpaired) electrons. The van der Waals surface area contributed by atoms with Gasteiger partial charge in [0.25, 0.3) is 0 Å². The summed E-state index contributed by atoms with van der Waals surface area (Å²) < 4.78 is 1.18. The molecule has 2 atom stereocenters. The molecule has 0 bridgehead atoms. The van der Waals surface area contributed by atoms with Crippen LogP contribution in [0.1, 0.15) is 24.8 Å². The molecule has 1 aliphatic carbocycles. The van der Waals surface area contributed by atoms with E-state index in [1.165, 1.54) is 42.3 Å². The predicted octanol–water partition coefficient (Wildman–Crippen LogP) is 3.63. The maximum atomic E-state index is 3.48. The van der Waals surface area contributed by atoms with Gasteiger partial charge in [-0.1, -0.05) is 34.5 Å². The zero-order valence-corrected chi connectivity index (χ0v) is 11.5. The Morgan fingerprint density at radius 3 is 2.56 bits per heavy atom. The standard InChI is InChI=1S/C14H20BrN/c1-16-10-13-4-2-3-12(13)9-11-5-7-14(15)8-6-11/h5-8,12-13,16H,2-4,9-10H2,1H3. The predicted molar refractivity (Wildman–Crippen MR) is 72.6 cm³/mol. The van der Waals surface area contributed by atoms with Gasteiger partial charge in [-0.2, -0.15) is 0 Å². The van der Waals surface area contributed by atoms with Crippen molar-refractivity contribution >= 4 is 15.9 Å². The highest BCUT2D eigenvalue weighted by molar-refractivity contribution is 9.10. The first-order valence-corrected chi connectivity index (χ1v) is 6.98. The molecular formula is C14H20BrN. The van der Waals surface area contributed by atoms with Gasteiger partial charge >= 0.3 is 0 Å². The number of nitrogens with one attached hydrogen (secondary N) is 1. The van der Waals surface area contributed by atoms with Gasteiger partial charge in [0, 0.05) is 4.47 Å². The molecule has 1 saturated carbocycles. The van der Waals surface area contributed by atoms with Gasteiger partial charge in [-0.15, -0.1) is 0 Å². The minimum atomic E-state index is 0.883. The van der Waals surface area contributed by atoms with Crippen LogP contribution in [0.2, 0.25) is 0 Å². The van der Waals surface area contributed by atoms with Gasteiger partial charge in [0.15, 0.2) is 0 Å².